The van der Waals surface area contributed by atoms with Gasteiger partial charge in [-0.15, -0.1) is 0 Å². The van der Waals surface area contributed by atoms with E-state index in [0.717, 1.165) is 16.9 Å². The van der Waals surface area contributed by atoms with Crippen LogP contribution >= 0.6 is 11.6 Å². The minimum absolute atomic E-state index is 0.256. The molecule has 144 valence electrons. The van der Waals surface area contributed by atoms with E-state index in [9.17, 15) is 4.79 Å². The highest BCUT2D eigenvalue weighted by Crippen LogP contribution is 2.16. The maximum Gasteiger partial charge on any atom is 0.271 e. The van der Waals surface area contributed by atoms with Gasteiger partial charge in [-0.3, -0.25) is 4.79 Å². The molecule has 3 aromatic rings. The molecule has 0 saturated heterocycles. The van der Waals surface area contributed by atoms with Gasteiger partial charge in [-0.2, -0.15) is 0 Å². The summed E-state index contributed by atoms with van der Waals surface area (Å²) < 4.78 is 5.20. The molecule has 0 unspecified atom stereocenters. The van der Waals surface area contributed by atoms with E-state index in [-0.39, 0.29) is 11.6 Å². The molecule has 7 heteroatoms. The van der Waals surface area contributed by atoms with Crippen molar-refractivity contribution in [2.45, 2.75) is 13.0 Å². The standard InChI is InChI=1S/C21H21ClN4O2/c1-28-17-7-4-5-15(11-17)9-10-23-21(27)19-13-26-20(14-24-19)25-12-16-6-2-3-8-18(16)22/h2-8,11,13-14H,9-10,12H2,1H3,(H,23,27)(H,25,26). The van der Waals surface area contributed by atoms with Crippen molar-refractivity contribution in [3.8, 4) is 5.75 Å². The number of benzene rings is 2. The van der Waals surface area contributed by atoms with Crippen molar-refractivity contribution in [3.63, 3.8) is 0 Å². The van der Waals surface area contributed by atoms with Gasteiger partial charge in [-0.05, 0) is 35.7 Å². The first-order chi connectivity index (χ1) is 13.7. The first-order valence-electron chi connectivity index (χ1n) is 8.86. The van der Waals surface area contributed by atoms with Crippen molar-refractivity contribution in [1.29, 1.82) is 0 Å². The van der Waals surface area contributed by atoms with Crippen LogP contribution in [-0.4, -0.2) is 29.5 Å². The molecule has 1 aromatic heterocycles. The van der Waals surface area contributed by atoms with Gasteiger partial charge in [0.1, 0.15) is 17.3 Å². The number of aromatic nitrogens is 2. The molecule has 2 N–H and O–H groups in total. The molecular formula is C21H21ClN4O2. The highest BCUT2D eigenvalue weighted by atomic mass is 35.5. The third kappa shape index (κ3) is 5.44. The SMILES string of the molecule is COc1cccc(CCNC(=O)c2cnc(NCc3ccccc3Cl)cn2)c1. The lowest BCUT2D eigenvalue weighted by Gasteiger charge is -2.08. The van der Waals surface area contributed by atoms with Crippen LogP contribution in [0.15, 0.2) is 60.9 Å². The quantitative estimate of drug-likeness (QED) is 0.606. The van der Waals surface area contributed by atoms with Crippen molar-refractivity contribution in [3.05, 3.63) is 82.8 Å². The number of nitrogens with one attached hydrogen (secondary N) is 2. The van der Waals surface area contributed by atoms with Crippen LogP contribution in [-0.2, 0) is 13.0 Å². The molecule has 0 aliphatic rings. The van der Waals surface area contributed by atoms with Crippen molar-refractivity contribution in [2.75, 3.05) is 19.0 Å². The zero-order valence-electron chi connectivity index (χ0n) is 15.5. The lowest BCUT2D eigenvalue weighted by Crippen LogP contribution is -2.26. The molecule has 1 amide bonds. The normalized spacial score (nSPS) is 10.4. The molecule has 2 aromatic carbocycles. The van der Waals surface area contributed by atoms with Crippen molar-refractivity contribution < 1.29 is 9.53 Å². The number of nitrogens with zero attached hydrogens (tertiary/aromatic N) is 2. The number of ether oxygens (including phenoxy) is 1. The smallest absolute Gasteiger partial charge is 0.271 e. The monoisotopic (exact) mass is 396 g/mol. The summed E-state index contributed by atoms with van der Waals surface area (Å²) >= 11 is 6.13. The molecule has 0 aliphatic heterocycles. The van der Waals surface area contributed by atoms with Crippen molar-refractivity contribution >= 4 is 23.3 Å². The van der Waals surface area contributed by atoms with Crippen molar-refractivity contribution in [1.82, 2.24) is 15.3 Å². The summed E-state index contributed by atoms with van der Waals surface area (Å²) in [5.41, 5.74) is 2.32. The molecule has 0 spiro atoms. The Kier molecular flexibility index (Phi) is 6.81. The molecule has 6 nitrogen and oxygen atoms in total. The Bertz CT molecular complexity index is 932. The predicted octanol–water partition coefficient (Wildman–Crippen LogP) is 3.72. The first kappa shape index (κ1) is 19.6. The van der Waals surface area contributed by atoms with Gasteiger partial charge in [0, 0.05) is 18.1 Å². The zero-order valence-corrected chi connectivity index (χ0v) is 16.2. The van der Waals surface area contributed by atoms with Gasteiger partial charge in [0.15, 0.2) is 0 Å². The summed E-state index contributed by atoms with van der Waals surface area (Å²) in [6, 6.07) is 15.3. The summed E-state index contributed by atoms with van der Waals surface area (Å²) in [4.78, 5) is 20.6. The topological polar surface area (TPSA) is 76.1 Å². The number of methoxy groups -OCH3 is 1. The van der Waals surface area contributed by atoms with Gasteiger partial charge < -0.3 is 15.4 Å². The lowest BCUT2D eigenvalue weighted by atomic mass is 10.1. The predicted molar refractivity (Wildman–Crippen MR) is 110 cm³/mol. The number of halogens is 1. The van der Waals surface area contributed by atoms with Crippen molar-refractivity contribution in [2.24, 2.45) is 0 Å². The van der Waals surface area contributed by atoms with Gasteiger partial charge in [-0.1, -0.05) is 41.9 Å². The van der Waals surface area contributed by atoms with E-state index < -0.39 is 0 Å². The Morgan fingerprint density at radius 1 is 1.11 bits per heavy atom. The molecule has 0 atom stereocenters. The first-order valence-corrected chi connectivity index (χ1v) is 9.24. The summed E-state index contributed by atoms with van der Waals surface area (Å²) in [5.74, 6) is 1.12. The van der Waals surface area contributed by atoms with E-state index in [1.165, 1.54) is 12.4 Å². The molecule has 0 radical (unpaired) electrons. The highest BCUT2D eigenvalue weighted by molar-refractivity contribution is 6.31. The molecule has 28 heavy (non-hydrogen) atoms. The molecule has 0 saturated carbocycles. The number of carbonyl (C=O) groups is 1. The third-order valence-corrected chi connectivity index (χ3v) is 4.50. The van der Waals surface area contributed by atoms with E-state index in [1.807, 2.05) is 48.5 Å². The van der Waals surface area contributed by atoms with Crippen LogP contribution in [0.3, 0.4) is 0 Å². The van der Waals surface area contributed by atoms with E-state index in [0.29, 0.717) is 30.4 Å². The number of carbonyl (C=O) groups excluding carboxylic acids is 1. The van der Waals surface area contributed by atoms with Crippen LogP contribution in [0.4, 0.5) is 5.82 Å². The molecular weight excluding hydrogens is 376 g/mol. The van der Waals surface area contributed by atoms with Crippen LogP contribution in [0, 0.1) is 0 Å². The fourth-order valence-corrected chi connectivity index (χ4v) is 2.81. The second-order valence-electron chi connectivity index (χ2n) is 6.09. The summed E-state index contributed by atoms with van der Waals surface area (Å²) in [5, 5.41) is 6.68. The fourth-order valence-electron chi connectivity index (χ4n) is 2.60. The fraction of sp³-hybridized carbons (Fsp3) is 0.190. The molecule has 0 aliphatic carbocycles. The van der Waals surface area contributed by atoms with E-state index in [2.05, 4.69) is 20.6 Å². The number of anilines is 1. The highest BCUT2D eigenvalue weighted by Gasteiger charge is 2.08. The van der Waals surface area contributed by atoms with Gasteiger partial charge in [0.05, 0.1) is 19.5 Å². The average molecular weight is 397 g/mol. The minimum Gasteiger partial charge on any atom is -0.497 e. The average Bonchev–Trinajstić information content (AvgIpc) is 2.73. The molecule has 0 fully saturated rings. The van der Waals surface area contributed by atoms with Crippen LogP contribution in [0.1, 0.15) is 21.6 Å². The Labute approximate surface area is 168 Å². The third-order valence-electron chi connectivity index (χ3n) is 4.14. The number of rotatable bonds is 8. The number of hydrogen-bond acceptors (Lipinski definition) is 5. The Morgan fingerprint density at radius 2 is 1.96 bits per heavy atom. The van der Waals surface area contributed by atoms with E-state index in [1.54, 1.807) is 7.11 Å². The summed E-state index contributed by atoms with van der Waals surface area (Å²) in [6.07, 6.45) is 3.69. The van der Waals surface area contributed by atoms with Crippen LogP contribution in [0.5, 0.6) is 5.75 Å². The van der Waals surface area contributed by atoms with E-state index in [4.69, 9.17) is 16.3 Å². The molecule has 0 bridgehead atoms. The van der Waals surface area contributed by atoms with Crippen LogP contribution in [0.25, 0.3) is 0 Å². The van der Waals surface area contributed by atoms with Gasteiger partial charge >= 0.3 is 0 Å². The maximum atomic E-state index is 12.2. The van der Waals surface area contributed by atoms with Gasteiger partial charge in [-0.25, -0.2) is 9.97 Å². The summed E-state index contributed by atoms with van der Waals surface area (Å²) in [6.45, 7) is 1.03. The van der Waals surface area contributed by atoms with Gasteiger partial charge in [0.25, 0.3) is 5.91 Å². The zero-order chi connectivity index (χ0) is 19.8. The number of amides is 1. The van der Waals surface area contributed by atoms with Crippen LogP contribution < -0.4 is 15.4 Å². The molecule has 3 rings (SSSR count). The lowest BCUT2D eigenvalue weighted by molar-refractivity contribution is 0.0949. The molecule has 1 heterocycles. The maximum absolute atomic E-state index is 12.2. The van der Waals surface area contributed by atoms with Crippen LogP contribution in [0.2, 0.25) is 5.02 Å². The van der Waals surface area contributed by atoms with E-state index >= 15 is 0 Å². The van der Waals surface area contributed by atoms with Gasteiger partial charge in [0.2, 0.25) is 0 Å². The Hall–Kier alpha value is -3.12. The second kappa shape index (κ2) is 9.71. The second-order valence-corrected chi connectivity index (χ2v) is 6.50. The largest absolute Gasteiger partial charge is 0.497 e. The Balaban J connectivity index is 1.48. The Morgan fingerprint density at radius 3 is 2.71 bits per heavy atom. The minimum atomic E-state index is -0.256. The number of hydrogen-bond donors (Lipinski definition) is 2. The summed E-state index contributed by atoms with van der Waals surface area (Å²) in [7, 11) is 1.63.